The van der Waals surface area contributed by atoms with Gasteiger partial charge in [0.1, 0.15) is 0 Å². The first-order valence-corrected chi connectivity index (χ1v) is 15.2. The number of unbranched alkanes of at least 4 members (excludes halogenated alkanes) is 4. The van der Waals surface area contributed by atoms with Crippen LogP contribution in [0.2, 0.25) is 0 Å². The predicted octanol–water partition coefficient (Wildman–Crippen LogP) is 11.9. The van der Waals surface area contributed by atoms with Gasteiger partial charge in [0.05, 0.1) is 11.2 Å². The van der Waals surface area contributed by atoms with E-state index in [-0.39, 0.29) is 22.0 Å². The van der Waals surface area contributed by atoms with Gasteiger partial charge in [-0.1, -0.05) is 122 Å². The summed E-state index contributed by atoms with van der Waals surface area (Å²) in [4.78, 5) is 0. The number of hydrogen-bond acceptors (Lipinski definition) is 1. The van der Waals surface area contributed by atoms with Crippen molar-refractivity contribution in [2.24, 2.45) is 33.5 Å². The van der Waals surface area contributed by atoms with Crippen LogP contribution in [0.1, 0.15) is 175 Å². The highest BCUT2D eigenvalue weighted by Gasteiger charge is 2.49. The molecule has 2 unspecified atom stereocenters. The molecule has 0 aliphatic carbocycles. The first-order chi connectivity index (χ1) is 15.5. The molecule has 0 amide bonds. The minimum absolute atomic E-state index is 0.174. The molecule has 35 heavy (non-hydrogen) atoms. The zero-order chi connectivity index (χ0) is 27.9. The van der Waals surface area contributed by atoms with Gasteiger partial charge >= 0.3 is 0 Å². The summed E-state index contributed by atoms with van der Waals surface area (Å²) in [5.41, 5.74) is 0.735. The lowest BCUT2D eigenvalue weighted by molar-refractivity contribution is -0.210. The molecule has 0 aromatic carbocycles. The van der Waals surface area contributed by atoms with Crippen molar-refractivity contribution in [1.29, 1.82) is 0 Å². The summed E-state index contributed by atoms with van der Waals surface area (Å²) in [5.74, 6) is 1.06. The van der Waals surface area contributed by atoms with Crippen LogP contribution < -0.4 is 0 Å². The molecule has 0 N–H and O–H groups in total. The molecule has 0 radical (unpaired) electrons. The maximum absolute atomic E-state index is 7.41. The first kappa shape index (κ1) is 35.0. The van der Waals surface area contributed by atoms with E-state index in [2.05, 4.69) is 111 Å². The zero-order valence-electron chi connectivity index (χ0n) is 27.6. The van der Waals surface area contributed by atoms with Crippen molar-refractivity contribution in [2.45, 2.75) is 186 Å². The highest BCUT2D eigenvalue weighted by molar-refractivity contribution is 4.98. The average molecular weight is 495 g/mol. The maximum Gasteiger partial charge on any atom is 0.0667 e. The molecule has 0 saturated carbocycles. The second-order valence-corrected chi connectivity index (χ2v) is 16.9. The van der Waals surface area contributed by atoms with E-state index >= 15 is 0 Å². The third kappa shape index (κ3) is 12.8. The van der Waals surface area contributed by atoms with Crippen molar-refractivity contribution in [3.8, 4) is 0 Å². The Morgan fingerprint density at radius 2 is 0.743 bits per heavy atom. The Morgan fingerprint density at radius 3 is 0.971 bits per heavy atom. The van der Waals surface area contributed by atoms with Crippen LogP contribution in [0.25, 0.3) is 0 Å². The molecule has 0 bridgehead atoms. The molecule has 0 heterocycles. The summed E-state index contributed by atoms with van der Waals surface area (Å²) in [7, 11) is 0. The molecule has 0 aliphatic rings. The number of ether oxygens (including phenoxy) is 1. The van der Waals surface area contributed by atoms with Crippen LogP contribution in [0.4, 0.5) is 0 Å². The zero-order valence-corrected chi connectivity index (χ0v) is 27.6. The van der Waals surface area contributed by atoms with E-state index in [9.17, 15) is 0 Å². The van der Waals surface area contributed by atoms with Crippen LogP contribution in [0.5, 0.6) is 0 Å². The van der Waals surface area contributed by atoms with Gasteiger partial charge in [0.2, 0.25) is 0 Å². The monoisotopic (exact) mass is 495 g/mol. The predicted molar refractivity (Wildman–Crippen MR) is 160 cm³/mol. The molecule has 0 fully saturated rings. The summed E-state index contributed by atoms with van der Waals surface area (Å²) in [6.07, 6.45) is 12.8. The van der Waals surface area contributed by atoms with Crippen LogP contribution in [-0.2, 0) is 4.74 Å². The SMILES string of the molecule is CCCCCC(C(C)(C)CC(C)(C)C)C(C)(C)OC(C)(C)C(CCCCC)C(C)(C)CC(C)(C)C. The van der Waals surface area contributed by atoms with Gasteiger partial charge in [-0.2, -0.15) is 0 Å². The van der Waals surface area contributed by atoms with Gasteiger partial charge in [-0.3, -0.25) is 0 Å². The van der Waals surface area contributed by atoms with Gasteiger partial charge in [-0.15, -0.1) is 0 Å². The largest absolute Gasteiger partial charge is 0.369 e. The molecule has 0 rings (SSSR count). The van der Waals surface area contributed by atoms with Gasteiger partial charge in [-0.05, 0) is 86.9 Å². The smallest absolute Gasteiger partial charge is 0.0667 e. The summed E-state index contributed by atoms with van der Waals surface area (Å²) in [6.45, 7) is 38.7. The molecule has 212 valence electrons. The second-order valence-electron chi connectivity index (χ2n) is 16.9. The highest BCUT2D eigenvalue weighted by atomic mass is 16.5. The maximum atomic E-state index is 7.41. The molecular weight excluding hydrogens is 424 g/mol. The highest BCUT2D eigenvalue weighted by Crippen LogP contribution is 2.52. The van der Waals surface area contributed by atoms with Crippen LogP contribution in [0.3, 0.4) is 0 Å². The van der Waals surface area contributed by atoms with Crippen molar-refractivity contribution >= 4 is 0 Å². The van der Waals surface area contributed by atoms with Crippen molar-refractivity contribution in [1.82, 2.24) is 0 Å². The fourth-order valence-electron chi connectivity index (χ4n) is 8.36. The molecule has 0 aromatic heterocycles. The summed E-state index contributed by atoms with van der Waals surface area (Å²) < 4.78 is 7.41. The fourth-order valence-corrected chi connectivity index (χ4v) is 8.36. The summed E-state index contributed by atoms with van der Waals surface area (Å²) in [5, 5.41) is 0. The normalized spacial score (nSPS) is 16.5. The van der Waals surface area contributed by atoms with Crippen LogP contribution in [0, 0.1) is 33.5 Å². The molecule has 1 nitrogen and oxygen atoms in total. The third-order valence-corrected chi connectivity index (χ3v) is 8.26. The lowest BCUT2D eigenvalue weighted by Gasteiger charge is -2.54. The lowest BCUT2D eigenvalue weighted by atomic mass is 9.61. The Morgan fingerprint density at radius 1 is 0.457 bits per heavy atom. The molecule has 2 atom stereocenters. The van der Waals surface area contributed by atoms with E-state index in [0.717, 1.165) is 0 Å². The van der Waals surface area contributed by atoms with Crippen molar-refractivity contribution in [2.75, 3.05) is 0 Å². The Bertz CT molecular complexity index is 527. The van der Waals surface area contributed by atoms with E-state index in [1.165, 1.54) is 64.2 Å². The number of rotatable bonds is 16. The third-order valence-electron chi connectivity index (χ3n) is 8.26. The minimum Gasteiger partial charge on any atom is -0.369 e. The van der Waals surface area contributed by atoms with Crippen molar-refractivity contribution < 1.29 is 4.74 Å². The van der Waals surface area contributed by atoms with Crippen LogP contribution in [0.15, 0.2) is 0 Å². The van der Waals surface area contributed by atoms with E-state index in [1.807, 2.05) is 0 Å². The van der Waals surface area contributed by atoms with Crippen LogP contribution in [-0.4, -0.2) is 11.2 Å². The fraction of sp³-hybridized carbons (Fsp3) is 1.00. The Balaban J connectivity index is 6.21. The molecule has 1 heteroatoms. The van der Waals surface area contributed by atoms with Gasteiger partial charge in [0.15, 0.2) is 0 Å². The van der Waals surface area contributed by atoms with Gasteiger partial charge < -0.3 is 4.74 Å². The van der Waals surface area contributed by atoms with Crippen LogP contribution >= 0.6 is 0 Å². The Hall–Kier alpha value is -0.0400. The minimum atomic E-state index is -0.174. The van der Waals surface area contributed by atoms with Crippen molar-refractivity contribution in [3.05, 3.63) is 0 Å². The van der Waals surface area contributed by atoms with Crippen molar-refractivity contribution in [3.63, 3.8) is 0 Å². The summed E-state index contributed by atoms with van der Waals surface area (Å²) >= 11 is 0. The average Bonchev–Trinajstić information content (AvgIpc) is 2.56. The molecule has 0 spiro atoms. The van der Waals surface area contributed by atoms with E-state index < -0.39 is 0 Å². The van der Waals surface area contributed by atoms with Gasteiger partial charge in [0.25, 0.3) is 0 Å². The lowest BCUT2D eigenvalue weighted by Crippen LogP contribution is -2.53. The van der Waals surface area contributed by atoms with Gasteiger partial charge in [-0.25, -0.2) is 0 Å². The van der Waals surface area contributed by atoms with E-state index in [4.69, 9.17) is 4.74 Å². The Kier molecular flexibility index (Phi) is 13.1. The molecular formula is C34H70O. The summed E-state index contributed by atoms with van der Waals surface area (Å²) in [6, 6.07) is 0. The first-order valence-electron chi connectivity index (χ1n) is 15.2. The number of hydrogen-bond donors (Lipinski definition) is 0. The molecule has 0 saturated heterocycles. The molecule has 0 aliphatic heterocycles. The van der Waals surface area contributed by atoms with E-state index in [1.54, 1.807) is 0 Å². The second kappa shape index (κ2) is 13.2. The van der Waals surface area contributed by atoms with E-state index in [0.29, 0.717) is 22.7 Å². The Labute approximate surface area is 224 Å². The molecule has 0 aromatic rings. The standard InChI is InChI=1S/C34H70O/c1-17-19-21-23-27(31(9,10)25-29(3,4)5)33(13,14)35-34(15,16)28(24-22-20-18-2)32(11,12)26-30(6,7)8/h27-28H,17-26H2,1-16H3. The topological polar surface area (TPSA) is 9.23 Å². The van der Waals surface area contributed by atoms with Gasteiger partial charge in [0, 0.05) is 0 Å². The quantitative estimate of drug-likeness (QED) is 0.194.